The molecular weight excluding hydrogens is 172 g/mol. The van der Waals surface area contributed by atoms with Crippen LogP contribution in [0.3, 0.4) is 0 Å². The number of aromatic nitrogens is 1. The number of rotatable bonds is 1. The van der Waals surface area contributed by atoms with Gasteiger partial charge in [-0.3, -0.25) is 4.98 Å². The average molecular weight is 184 g/mol. The van der Waals surface area contributed by atoms with E-state index in [0.717, 1.165) is 18.4 Å². The molecule has 1 aromatic heterocycles. The summed E-state index contributed by atoms with van der Waals surface area (Å²) in [6.45, 7) is 0. The standard InChI is InChI=1S/C12H12N2/c13-9-12(7-11(8-12)3-4-11)10-2-1-5-14-6-10/h1-2,5-6H,3-4,7-8H2. The molecule has 0 N–H and O–H groups in total. The monoisotopic (exact) mass is 184 g/mol. The highest BCUT2D eigenvalue weighted by Crippen LogP contribution is 2.68. The smallest absolute Gasteiger partial charge is 0.0847 e. The Kier molecular flexibility index (Phi) is 1.35. The molecule has 0 bridgehead atoms. The maximum absolute atomic E-state index is 9.27. The van der Waals surface area contributed by atoms with Gasteiger partial charge >= 0.3 is 0 Å². The minimum atomic E-state index is -0.204. The van der Waals surface area contributed by atoms with E-state index in [9.17, 15) is 5.26 Å². The van der Waals surface area contributed by atoms with Crippen LogP contribution in [0.25, 0.3) is 0 Å². The van der Waals surface area contributed by atoms with Crippen LogP contribution in [0.4, 0.5) is 0 Å². The number of nitrogens with zero attached hydrogens (tertiary/aromatic N) is 2. The fraction of sp³-hybridized carbons (Fsp3) is 0.500. The van der Waals surface area contributed by atoms with Gasteiger partial charge in [-0.05, 0) is 42.7 Å². The van der Waals surface area contributed by atoms with E-state index in [-0.39, 0.29) is 5.41 Å². The first kappa shape index (κ1) is 7.99. The minimum absolute atomic E-state index is 0.204. The molecule has 0 saturated heterocycles. The predicted octanol–water partition coefficient (Wildman–Crippen LogP) is 2.42. The lowest BCUT2D eigenvalue weighted by molar-refractivity contribution is 0.172. The highest BCUT2D eigenvalue weighted by Gasteiger charge is 2.61. The van der Waals surface area contributed by atoms with E-state index in [0.29, 0.717) is 5.41 Å². The fourth-order valence-corrected chi connectivity index (χ4v) is 2.75. The van der Waals surface area contributed by atoms with Gasteiger partial charge in [0.25, 0.3) is 0 Å². The highest BCUT2D eigenvalue weighted by atomic mass is 14.7. The van der Waals surface area contributed by atoms with E-state index in [1.165, 1.54) is 12.8 Å². The molecule has 0 aliphatic heterocycles. The van der Waals surface area contributed by atoms with E-state index < -0.39 is 0 Å². The molecule has 14 heavy (non-hydrogen) atoms. The van der Waals surface area contributed by atoms with Gasteiger partial charge in [-0.2, -0.15) is 5.26 Å². The van der Waals surface area contributed by atoms with Crippen molar-refractivity contribution in [3.05, 3.63) is 30.1 Å². The van der Waals surface area contributed by atoms with Gasteiger partial charge in [0.2, 0.25) is 0 Å². The molecule has 1 spiro atoms. The normalized spacial score (nSPS) is 25.1. The Morgan fingerprint density at radius 3 is 2.64 bits per heavy atom. The average Bonchev–Trinajstić information content (AvgIpc) is 2.96. The summed E-state index contributed by atoms with van der Waals surface area (Å²) in [4.78, 5) is 4.10. The lowest BCUT2D eigenvalue weighted by Crippen LogP contribution is -2.41. The van der Waals surface area contributed by atoms with Crippen molar-refractivity contribution < 1.29 is 0 Å². The molecule has 2 nitrogen and oxygen atoms in total. The molecule has 3 rings (SSSR count). The maximum Gasteiger partial charge on any atom is 0.0847 e. The summed E-state index contributed by atoms with van der Waals surface area (Å²) < 4.78 is 0. The van der Waals surface area contributed by atoms with Crippen molar-refractivity contribution in [2.24, 2.45) is 5.41 Å². The van der Waals surface area contributed by atoms with Gasteiger partial charge in [0.1, 0.15) is 0 Å². The maximum atomic E-state index is 9.27. The van der Waals surface area contributed by atoms with Crippen LogP contribution in [-0.4, -0.2) is 4.98 Å². The SMILES string of the molecule is N#CC1(c2cccnc2)CC2(CC2)C1. The third-order valence-corrected chi connectivity index (χ3v) is 3.74. The molecule has 2 heteroatoms. The second-order valence-electron chi connectivity index (χ2n) is 4.79. The van der Waals surface area contributed by atoms with Gasteiger partial charge in [-0.1, -0.05) is 6.07 Å². The zero-order valence-electron chi connectivity index (χ0n) is 8.03. The summed E-state index contributed by atoms with van der Waals surface area (Å²) in [6.07, 6.45) is 8.39. The number of nitriles is 1. The number of hydrogen-bond acceptors (Lipinski definition) is 2. The zero-order chi connectivity index (χ0) is 9.65. The molecule has 2 aliphatic rings. The van der Waals surface area contributed by atoms with Gasteiger partial charge in [-0.25, -0.2) is 0 Å². The van der Waals surface area contributed by atoms with E-state index in [2.05, 4.69) is 11.1 Å². The largest absolute Gasteiger partial charge is 0.264 e. The molecule has 2 saturated carbocycles. The van der Waals surface area contributed by atoms with Gasteiger partial charge < -0.3 is 0 Å². The second kappa shape index (κ2) is 2.36. The Bertz CT molecular complexity index is 390. The summed E-state index contributed by atoms with van der Waals surface area (Å²) in [6, 6.07) is 6.44. The molecule has 0 unspecified atom stereocenters. The summed E-state index contributed by atoms with van der Waals surface area (Å²) in [7, 11) is 0. The summed E-state index contributed by atoms with van der Waals surface area (Å²) in [5.74, 6) is 0. The van der Waals surface area contributed by atoms with Crippen LogP contribution < -0.4 is 0 Å². The summed E-state index contributed by atoms with van der Waals surface area (Å²) in [5, 5.41) is 9.27. The minimum Gasteiger partial charge on any atom is -0.264 e. The van der Waals surface area contributed by atoms with Crippen molar-refractivity contribution >= 4 is 0 Å². The van der Waals surface area contributed by atoms with Crippen molar-refractivity contribution in [2.75, 3.05) is 0 Å². The molecule has 0 amide bonds. The molecule has 0 radical (unpaired) electrons. The first-order chi connectivity index (χ1) is 6.79. The molecule has 1 aromatic rings. The van der Waals surface area contributed by atoms with Crippen molar-refractivity contribution in [1.29, 1.82) is 5.26 Å². The van der Waals surface area contributed by atoms with Crippen LogP contribution in [-0.2, 0) is 5.41 Å². The molecule has 0 aromatic carbocycles. The third kappa shape index (κ3) is 0.928. The summed E-state index contributed by atoms with van der Waals surface area (Å²) in [5.41, 5.74) is 1.47. The van der Waals surface area contributed by atoms with Crippen molar-refractivity contribution in [1.82, 2.24) is 4.98 Å². The Morgan fingerprint density at radius 2 is 2.14 bits per heavy atom. The first-order valence-corrected chi connectivity index (χ1v) is 5.11. The van der Waals surface area contributed by atoms with Crippen LogP contribution in [0.5, 0.6) is 0 Å². The van der Waals surface area contributed by atoms with Crippen molar-refractivity contribution in [2.45, 2.75) is 31.1 Å². The number of pyridine rings is 1. The van der Waals surface area contributed by atoms with Crippen molar-refractivity contribution in [3.63, 3.8) is 0 Å². The van der Waals surface area contributed by atoms with Crippen LogP contribution in [0.15, 0.2) is 24.5 Å². The topological polar surface area (TPSA) is 36.7 Å². The van der Waals surface area contributed by atoms with Crippen LogP contribution in [0.1, 0.15) is 31.2 Å². The fourth-order valence-electron chi connectivity index (χ4n) is 2.75. The van der Waals surface area contributed by atoms with Gasteiger partial charge in [0.05, 0.1) is 11.5 Å². The Hall–Kier alpha value is -1.36. The molecule has 2 fully saturated rings. The number of hydrogen-bond donors (Lipinski definition) is 0. The quantitative estimate of drug-likeness (QED) is 0.672. The Labute approximate surface area is 83.6 Å². The lowest BCUT2D eigenvalue weighted by atomic mass is 9.57. The third-order valence-electron chi connectivity index (χ3n) is 3.74. The molecule has 0 atom stereocenters. The highest BCUT2D eigenvalue weighted by molar-refractivity contribution is 5.37. The molecular formula is C12H12N2. The Morgan fingerprint density at radius 1 is 1.36 bits per heavy atom. The van der Waals surface area contributed by atoms with E-state index in [1.807, 2.05) is 18.3 Å². The molecule has 70 valence electrons. The van der Waals surface area contributed by atoms with Crippen LogP contribution in [0, 0.1) is 16.7 Å². The molecule has 2 aliphatic carbocycles. The lowest BCUT2D eigenvalue weighted by Gasteiger charge is -2.43. The van der Waals surface area contributed by atoms with Crippen LogP contribution in [0.2, 0.25) is 0 Å². The Balaban J connectivity index is 1.93. The molecule has 1 heterocycles. The van der Waals surface area contributed by atoms with Gasteiger partial charge in [0, 0.05) is 12.4 Å². The first-order valence-electron chi connectivity index (χ1n) is 5.11. The predicted molar refractivity (Wildman–Crippen MR) is 52.4 cm³/mol. The van der Waals surface area contributed by atoms with Crippen LogP contribution >= 0.6 is 0 Å². The van der Waals surface area contributed by atoms with E-state index >= 15 is 0 Å². The van der Waals surface area contributed by atoms with Gasteiger partial charge in [-0.15, -0.1) is 0 Å². The second-order valence-corrected chi connectivity index (χ2v) is 4.79. The summed E-state index contributed by atoms with van der Waals surface area (Å²) >= 11 is 0. The van der Waals surface area contributed by atoms with E-state index in [4.69, 9.17) is 0 Å². The van der Waals surface area contributed by atoms with Crippen molar-refractivity contribution in [3.8, 4) is 6.07 Å². The zero-order valence-corrected chi connectivity index (χ0v) is 8.03. The van der Waals surface area contributed by atoms with Gasteiger partial charge in [0.15, 0.2) is 0 Å². The van der Waals surface area contributed by atoms with E-state index in [1.54, 1.807) is 6.20 Å².